The van der Waals surface area contributed by atoms with E-state index in [2.05, 4.69) is 17.9 Å². The van der Waals surface area contributed by atoms with Gasteiger partial charge >= 0.3 is 6.03 Å². The highest BCUT2D eigenvalue weighted by Crippen LogP contribution is 2.17. The van der Waals surface area contributed by atoms with E-state index in [1.807, 2.05) is 0 Å². The zero-order chi connectivity index (χ0) is 12.2. The van der Waals surface area contributed by atoms with Crippen LogP contribution >= 0.6 is 12.6 Å². The Balaban J connectivity index is 2.32. The predicted octanol–water partition coefficient (Wildman–Crippen LogP) is 1.81. The number of imide groups is 1. The van der Waals surface area contributed by atoms with Crippen LogP contribution in [0.15, 0.2) is 0 Å². The summed E-state index contributed by atoms with van der Waals surface area (Å²) in [7, 11) is 0. The van der Waals surface area contributed by atoms with Crippen LogP contribution in [0, 0.1) is 0 Å². The molecule has 0 bridgehead atoms. The molecule has 0 aromatic rings. The molecule has 92 valence electrons. The molecule has 1 rings (SSSR count). The molecule has 1 N–H and O–H groups in total. The first-order valence-electron chi connectivity index (χ1n) is 5.74. The molecule has 0 unspecified atom stereocenters. The molecule has 1 saturated heterocycles. The lowest BCUT2D eigenvalue weighted by molar-refractivity contribution is -0.130. The molecule has 0 atom stereocenters. The van der Waals surface area contributed by atoms with Gasteiger partial charge in [-0.05, 0) is 32.4 Å². The minimum absolute atomic E-state index is 0.119. The molecule has 4 nitrogen and oxygen atoms in total. The number of urea groups is 1. The fourth-order valence-corrected chi connectivity index (χ4v) is 1.98. The largest absolute Gasteiger partial charge is 0.325 e. The Morgan fingerprint density at radius 3 is 2.31 bits per heavy atom. The first kappa shape index (κ1) is 13.4. The number of amides is 3. The van der Waals surface area contributed by atoms with Gasteiger partial charge in [0.2, 0.25) is 0 Å². The van der Waals surface area contributed by atoms with E-state index in [1.165, 1.54) is 4.90 Å². The van der Waals surface area contributed by atoms with Crippen molar-refractivity contribution in [3.05, 3.63) is 0 Å². The molecule has 0 radical (unpaired) electrons. The Hall–Kier alpha value is -0.710. The summed E-state index contributed by atoms with van der Waals surface area (Å²) in [6.07, 6.45) is 4.12. The van der Waals surface area contributed by atoms with Crippen molar-refractivity contribution >= 4 is 24.6 Å². The summed E-state index contributed by atoms with van der Waals surface area (Å²) in [4.78, 5) is 24.6. The molecule has 1 aliphatic heterocycles. The van der Waals surface area contributed by atoms with Gasteiger partial charge in [-0.15, -0.1) is 0 Å². The molecule has 5 heteroatoms. The van der Waals surface area contributed by atoms with Gasteiger partial charge in [0.05, 0.1) is 0 Å². The number of rotatable bonds is 6. The topological polar surface area (TPSA) is 49.4 Å². The van der Waals surface area contributed by atoms with E-state index in [9.17, 15) is 9.59 Å². The van der Waals surface area contributed by atoms with Gasteiger partial charge < -0.3 is 5.32 Å². The number of unbranched alkanes of at least 4 members (excludes halogenated alkanes) is 3. The van der Waals surface area contributed by atoms with E-state index in [4.69, 9.17) is 0 Å². The Bertz CT molecular complexity index is 279. The number of carbonyl (C=O) groups excluding carboxylic acids is 2. The monoisotopic (exact) mass is 244 g/mol. The van der Waals surface area contributed by atoms with Gasteiger partial charge in [-0.3, -0.25) is 9.69 Å². The highest BCUT2D eigenvalue weighted by Gasteiger charge is 2.43. The van der Waals surface area contributed by atoms with Crippen LogP contribution in [0.25, 0.3) is 0 Å². The van der Waals surface area contributed by atoms with Crippen molar-refractivity contribution in [1.29, 1.82) is 0 Å². The van der Waals surface area contributed by atoms with Crippen LogP contribution < -0.4 is 5.32 Å². The number of thiol groups is 1. The maximum Gasteiger partial charge on any atom is 0.325 e. The van der Waals surface area contributed by atoms with Crippen molar-refractivity contribution in [2.24, 2.45) is 0 Å². The lowest BCUT2D eigenvalue weighted by atomic mass is 10.1. The number of nitrogens with zero attached hydrogens (tertiary/aromatic N) is 1. The summed E-state index contributed by atoms with van der Waals surface area (Å²) in [6, 6.07) is -0.260. The molecule has 0 aromatic heterocycles. The van der Waals surface area contributed by atoms with Gasteiger partial charge in [0.25, 0.3) is 5.91 Å². The third-order valence-corrected chi connectivity index (χ3v) is 3.05. The van der Waals surface area contributed by atoms with Gasteiger partial charge in [0, 0.05) is 6.54 Å². The summed E-state index contributed by atoms with van der Waals surface area (Å²) in [6.45, 7) is 3.99. The van der Waals surface area contributed by atoms with Crippen LogP contribution in [0.3, 0.4) is 0 Å². The van der Waals surface area contributed by atoms with Crippen molar-refractivity contribution in [3.63, 3.8) is 0 Å². The van der Waals surface area contributed by atoms with Crippen LogP contribution in [0.4, 0.5) is 4.79 Å². The first-order valence-corrected chi connectivity index (χ1v) is 6.37. The third-order valence-electron chi connectivity index (χ3n) is 2.73. The van der Waals surface area contributed by atoms with Gasteiger partial charge in [-0.25, -0.2) is 4.79 Å². The fourth-order valence-electron chi connectivity index (χ4n) is 1.76. The number of carbonyl (C=O) groups is 2. The SMILES string of the molecule is CC1(C)NC(=O)N(CCCCCCS)C1=O. The maximum absolute atomic E-state index is 11.8. The smallest absolute Gasteiger partial charge is 0.324 e. The van der Waals surface area contributed by atoms with Crippen molar-refractivity contribution in [2.45, 2.75) is 45.1 Å². The average molecular weight is 244 g/mol. The third kappa shape index (κ3) is 3.14. The zero-order valence-corrected chi connectivity index (χ0v) is 10.8. The Morgan fingerprint density at radius 2 is 1.81 bits per heavy atom. The number of nitrogens with one attached hydrogen (secondary N) is 1. The normalized spacial score (nSPS) is 19.1. The number of hydrogen-bond acceptors (Lipinski definition) is 3. The van der Waals surface area contributed by atoms with E-state index in [-0.39, 0.29) is 11.9 Å². The van der Waals surface area contributed by atoms with E-state index < -0.39 is 5.54 Å². The molecule has 1 fully saturated rings. The Labute approximate surface area is 102 Å². The zero-order valence-electron chi connectivity index (χ0n) is 9.95. The van der Waals surface area contributed by atoms with Crippen molar-refractivity contribution in [1.82, 2.24) is 10.2 Å². The Kier molecular flexibility index (Phi) is 4.65. The molecule has 16 heavy (non-hydrogen) atoms. The maximum atomic E-state index is 11.8. The van der Waals surface area contributed by atoms with Crippen molar-refractivity contribution in [2.75, 3.05) is 12.3 Å². The quantitative estimate of drug-likeness (QED) is 0.425. The molecular formula is C11H20N2O2S. The molecule has 3 amide bonds. The van der Waals surface area contributed by atoms with Crippen LogP contribution in [-0.2, 0) is 4.79 Å². The molecular weight excluding hydrogens is 224 g/mol. The summed E-state index contributed by atoms with van der Waals surface area (Å²) >= 11 is 4.13. The highest BCUT2D eigenvalue weighted by atomic mass is 32.1. The van der Waals surface area contributed by atoms with Crippen molar-refractivity contribution < 1.29 is 9.59 Å². The van der Waals surface area contributed by atoms with Crippen LogP contribution in [0.2, 0.25) is 0 Å². The first-order chi connectivity index (χ1) is 7.49. The average Bonchev–Trinajstić information content (AvgIpc) is 2.39. The summed E-state index contributed by atoms with van der Waals surface area (Å²) in [5.74, 6) is 0.780. The van der Waals surface area contributed by atoms with Crippen molar-refractivity contribution in [3.8, 4) is 0 Å². The standard InChI is InChI=1S/C11H20N2O2S/c1-11(2)9(14)13(10(15)12-11)7-5-3-4-6-8-16/h16H,3-8H2,1-2H3,(H,12,15). The molecule has 0 aromatic carbocycles. The minimum atomic E-state index is -0.734. The Morgan fingerprint density at radius 1 is 1.19 bits per heavy atom. The molecule has 1 aliphatic rings. The second-order valence-corrected chi connectivity index (χ2v) is 5.10. The molecule has 0 saturated carbocycles. The predicted molar refractivity (Wildman–Crippen MR) is 66.6 cm³/mol. The van der Waals surface area contributed by atoms with Crippen LogP contribution in [0.1, 0.15) is 39.5 Å². The molecule has 0 aliphatic carbocycles. The van der Waals surface area contributed by atoms with Gasteiger partial charge in [-0.1, -0.05) is 12.8 Å². The number of hydrogen-bond donors (Lipinski definition) is 2. The minimum Gasteiger partial charge on any atom is -0.324 e. The highest BCUT2D eigenvalue weighted by molar-refractivity contribution is 7.80. The summed E-state index contributed by atoms with van der Waals surface area (Å²) < 4.78 is 0. The van der Waals surface area contributed by atoms with E-state index in [0.29, 0.717) is 6.54 Å². The fraction of sp³-hybridized carbons (Fsp3) is 0.818. The van der Waals surface area contributed by atoms with Gasteiger partial charge in [0.15, 0.2) is 0 Å². The lowest BCUT2D eigenvalue weighted by Crippen LogP contribution is -2.40. The summed E-state index contributed by atoms with van der Waals surface area (Å²) in [5.41, 5.74) is -0.734. The van der Waals surface area contributed by atoms with E-state index >= 15 is 0 Å². The second-order valence-electron chi connectivity index (χ2n) is 4.65. The van der Waals surface area contributed by atoms with Gasteiger partial charge in [0.1, 0.15) is 5.54 Å². The van der Waals surface area contributed by atoms with E-state index in [0.717, 1.165) is 31.4 Å². The van der Waals surface area contributed by atoms with Crippen LogP contribution in [0.5, 0.6) is 0 Å². The van der Waals surface area contributed by atoms with Crippen LogP contribution in [-0.4, -0.2) is 34.7 Å². The molecule has 1 heterocycles. The second kappa shape index (κ2) is 5.57. The van der Waals surface area contributed by atoms with Gasteiger partial charge in [-0.2, -0.15) is 12.6 Å². The van der Waals surface area contributed by atoms with E-state index in [1.54, 1.807) is 13.8 Å². The lowest BCUT2D eigenvalue weighted by Gasteiger charge is -2.15. The summed E-state index contributed by atoms with van der Waals surface area (Å²) in [5, 5.41) is 2.67. The molecule has 0 spiro atoms.